The Hall–Kier alpha value is -1.14. The van der Waals surface area contributed by atoms with Gasteiger partial charge in [-0.1, -0.05) is 12.8 Å². The smallest absolute Gasteiger partial charge is 0.323 e. The zero-order chi connectivity index (χ0) is 16.9. The molecule has 24 heavy (non-hydrogen) atoms. The van der Waals surface area contributed by atoms with E-state index in [1.54, 1.807) is 0 Å². The van der Waals surface area contributed by atoms with Crippen LogP contribution >= 0.6 is 0 Å². The molecule has 1 saturated carbocycles. The van der Waals surface area contributed by atoms with Gasteiger partial charge in [-0.2, -0.15) is 0 Å². The third-order valence-corrected chi connectivity index (χ3v) is 5.68. The van der Waals surface area contributed by atoms with Crippen LogP contribution in [0.4, 0.5) is 0 Å². The minimum absolute atomic E-state index is 0.00469. The Balaban J connectivity index is 1.52. The minimum atomic E-state index is -0.923. The van der Waals surface area contributed by atoms with Gasteiger partial charge in [0.15, 0.2) is 0 Å². The third-order valence-electron chi connectivity index (χ3n) is 5.68. The first-order valence-electron chi connectivity index (χ1n) is 9.53. The van der Waals surface area contributed by atoms with E-state index in [0.29, 0.717) is 18.8 Å². The average molecular weight is 338 g/mol. The highest BCUT2D eigenvalue weighted by molar-refractivity contribution is 5.85. The average Bonchev–Trinajstić information content (AvgIpc) is 3.00. The number of carboxylic acids is 1. The summed E-state index contributed by atoms with van der Waals surface area (Å²) in [7, 11) is 0. The number of aliphatic carboxylic acids is 1. The molecule has 3 aliphatic rings. The molecule has 2 heterocycles. The van der Waals surface area contributed by atoms with Crippen LogP contribution in [0.1, 0.15) is 57.8 Å². The second-order valence-corrected chi connectivity index (χ2v) is 7.44. The van der Waals surface area contributed by atoms with Crippen LogP contribution in [0.2, 0.25) is 0 Å². The maximum atomic E-state index is 12.7. The predicted molar refractivity (Wildman–Crippen MR) is 89.8 cm³/mol. The Bertz CT molecular complexity index is 442. The predicted octanol–water partition coefficient (Wildman–Crippen LogP) is 1.88. The highest BCUT2D eigenvalue weighted by Gasteiger charge is 2.35. The molecule has 0 aromatic carbocycles. The molecule has 1 atom stereocenters. The maximum absolute atomic E-state index is 12.7. The third kappa shape index (κ3) is 4.48. The van der Waals surface area contributed by atoms with Gasteiger partial charge in [-0.3, -0.25) is 14.5 Å². The van der Waals surface area contributed by atoms with Crippen LogP contribution in [0, 0.1) is 0 Å². The van der Waals surface area contributed by atoms with E-state index >= 15 is 0 Å². The molecule has 0 aromatic heterocycles. The molecule has 2 saturated heterocycles. The first-order valence-corrected chi connectivity index (χ1v) is 9.53. The molecule has 6 heteroatoms. The molecule has 1 amide bonds. The number of rotatable bonds is 5. The Morgan fingerprint density at radius 1 is 0.958 bits per heavy atom. The number of carbonyl (C=O) groups is 2. The monoisotopic (exact) mass is 338 g/mol. The van der Waals surface area contributed by atoms with Crippen molar-refractivity contribution in [2.45, 2.75) is 76.0 Å². The number of likely N-dealkylation sites (tertiary alicyclic amines) is 2. The van der Waals surface area contributed by atoms with Crippen molar-refractivity contribution >= 4 is 11.9 Å². The zero-order valence-electron chi connectivity index (χ0n) is 14.5. The lowest BCUT2D eigenvalue weighted by molar-refractivity contribution is -0.147. The van der Waals surface area contributed by atoms with Gasteiger partial charge in [0, 0.05) is 19.6 Å². The normalized spacial score (nSPS) is 28.2. The molecule has 0 bridgehead atoms. The van der Waals surface area contributed by atoms with Crippen LogP contribution in [0.15, 0.2) is 0 Å². The molecule has 2 aliphatic heterocycles. The van der Waals surface area contributed by atoms with Crippen LogP contribution < -0.4 is 0 Å². The maximum Gasteiger partial charge on any atom is 0.323 e. The molecular formula is C18H30N2O4. The lowest BCUT2D eigenvalue weighted by Gasteiger charge is -2.38. The molecule has 0 aromatic rings. The molecule has 136 valence electrons. The van der Waals surface area contributed by atoms with Gasteiger partial charge in [-0.05, 0) is 44.9 Å². The van der Waals surface area contributed by atoms with Crippen molar-refractivity contribution in [1.29, 1.82) is 0 Å². The van der Waals surface area contributed by atoms with E-state index in [2.05, 4.69) is 4.90 Å². The van der Waals surface area contributed by atoms with Crippen molar-refractivity contribution in [3.63, 3.8) is 0 Å². The number of ether oxygens (including phenoxy) is 1. The molecule has 3 rings (SSSR count). The van der Waals surface area contributed by atoms with Gasteiger partial charge in [0.25, 0.3) is 0 Å². The molecule has 1 unspecified atom stereocenters. The van der Waals surface area contributed by atoms with E-state index in [0.717, 1.165) is 45.2 Å². The van der Waals surface area contributed by atoms with Gasteiger partial charge in [0.1, 0.15) is 6.54 Å². The van der Waals surface area contributed by atoms with Gasteiger partial charge < -0.3 is 14.7 Å². The summed E-state index contributed by atoms with van der Waals surface area (Å²) >= 11 is 0. The SMILES string of the molecule is O=C(O)CN1CCCCC(N2CCC(OC3CCCC3)CC2)C1=O. The summed E-state index contributed by atoms with van der Waals surface area (Å²) in [6.45, 7) is 2.17. The summed E-state index contributed by atoms with van der Waals surface area (Å²) in [5.74, 6) is -0.919. The van der Waals surface area contributed by atoms with Crippen molar-refractivity contribution in [2.24, 2.45) is 0 Å². The molecule has 3 fully saturated rings. The fraction of sp³-hybridized carbons (Fsp3) is 0.889. The number of carboxylic acid groups (broad SMARTS) is 1. The Morgan fingerprint density at radius 3 is 2.25 bits per heavy atom. The minimum Gasteiger partial charge on any atom is -0.480 e. The highest BCUT2D eigenvalue weighted by atomic mass is 16.5. The molecule has 1 aliphatic carbocycles. The molecule has 0 radical (unpaired) electrons. The fourth-order valence-electron chi connectivity index (χ4n) is 4.36. The topological polar surface area (TPSA) is 70.1 Å². The quantitative estimate of drug-likeness (QED) is 0.829. The second kappa shape index (κ2) is 8.30. The van der Waals surface area contributed by atoms with Gasteiger partial charge >= 0.3 is 5.97 Å². The number of carbonyl (C=O) groups excluding carboxylic acids is 1. The first-order chi connectivity index (χ1) is 11.6. The van der Waals surface area contributed by atoms with Gasteiger partial charge in [-0.15, -0.1) is 0 Å². The van der Waals surface area contributed by atoms with E-state index in [4.69, 9.17) is 9.84 Å². The summed E-state index contributed by atoms with van der Waals surface area (Å²) in [5, 5.41) is 9.02. The number of nitrogens with zero attached hydrogens (tertiary/aromatic N) is 2. The summed E-state index contributed by atoms with van der Waals surface area (Å²) in [6, 6.07) is -0.140. The molecule has 0 spiro atoms. The summed E-state index contributed by atoms with van der Waals surface area (Å²) in [6.07, 6.45) is 10.5. The van der Waals surface area contributed by atoms with Crippen molar-refractivity contribution in [2.75, 3.05) is 26.2 Å². The van der Waals surface area contributed by atoms with Crippen LogP contribution in [0.5, 0.6) is 0 Å². The van der Waals surface area contributed by atoms with Crippen LogP contribution in [0.3, 0.4) is 0 Å². The van der Waals surface area contributed by atoms with E-state index < -0.39 is 5.97 Å². The standard InChI is InChI=1S/C18H30N2O4/c21-17(22)13-20-10-4-3-7-16(18(20)23)19-11-8-15(9-12-19)24-14-5-1-2-6-14/h14-16H,1-13H2,(H,21,22). The number of hydrogen-bond donors (Lipinski definition) is 1. The van der Waals surface area contributed by atoms with Crippen molar-refractivity contribution in [3.05, 3.63) is 0 Å². The zero-order valence-corrected chi connectivity index (χ0v) is 14.5. The second-order valence-electron chi connectivity index (χ2n) is 7.44. The Labute approximate surface area is 144 Å². The molecule has 1 N–H and O–H groups in total. The van der Waals surface area contributed by atoms with Crippen molar-refractivity contribution < 1.29 is 19.4 Å². The number of amides is 1. The summed E-state index contributed by atoms with van der Waals surface area (Å²) < 4.78 is 6.21. The summed E-state index contributed by atoms with van der Waals surface area (Å²) in [4.78, 5) is 27.5. The molecule has 6 nitrogen and oxygen atoms in total. The lowest BCUT2D eigenvalue weighted by Crippen LogP contribution is -2.52. The van der Waals surface area contributed by atoms with E-state index in [1.807, 2.05) is 0 Å². The van der Waals surface area contributed by atoms with Crippen molar-refractivity contribution in [3.8, 4) is 0 Å². The van der Waals surface area contributed by atoms with Crippen LogP contribution in [0.25, 0.3) is 0 Å². The largest absolute Gasteiger partial charge is 0.480 e. The van der Waals surface area contributed by atoms with Gasteiger partial charge in [0.2, 0.25) is 5.91 Å². The Kier molecular flexibility index (Phi) is 6.11. The summed E-state index contributed by atoms with van der Waals surface area (Å²) in [5.41, 5.74) is 0. The van der Waals surface area contributed by atoms with E-state index in [-0.39, 0.29) is 18.5 Å². The molecular weight excluding hydrogens is 308 g/mol. The van der Waals surface area contributed by atoms with E-state index in [1.165, 1.54) is 30.6 Å². The van der Waals surface area contributed by atoms with Crippen LogP contribution in [-0.2, 0) is 14.3 Å². The van der Waals surface area contributed by atoms with Crippen LogP contribution in [-0.4, -0.2) is 71.2 Å². The van der Waals surface area contributed by atoms with Gasteiger partial charge in [0.05, 0.1) is 18.2 Å². The fourth-order valence-corrected chi connectivity index (χ4v) is 4.36. The van der Waals surface area contributed by atoms with Crippen molar-refractivity contribution in [1.82, 2.24) is 9.80 Å². The van der Waals surface area contributed by atoms with E-state index in [9.17, 15) is 9.59 Å². The number of piperidine rings is 1. The van der Waals surface area contributed by atoms with Gasteiger partial charge in [-0.25, -0.2) is 0 Å². The highest BCUT2D eigenvalue weighted by Crippen LogP contribution is 2.27. The first kappa shape index (κ1) is 17.7. The lowest BCUT2D eigenvalue weighted by atomic mass is 10.0. The number of hydrogen-bond acceptors (Lipinski definition) is 4. The Morgan fingerprint density at radius 2 is 1.58 bits per heavy atom.